The fourth-order valence-electron chi connectivity index (χ4n) is 2.91. The van der Waals surface area contributed by atoms with E-state index in [0.29, 0.717) is 5.02 Å². The van der Waals surface area contributed by atoms with Crippen LogP contribution in [0.1, 0.15) is 12.8 Å². The predicted octanol–water partition coefficient (Wildman–Crippen LogP) is 2.62. The van der Waals surface area contributed by atoms with Crippen molar-refractivity contribution in [1.29, 1.82) is 0 Å². The summed E-state index contributed by atoms with van der Waals surface area (Å²) in [6.45, 7) is 1.46. The number of piperidine rings is 1. The van der Waals surface area contributed by atoms with Crippen LogP contribution in [0.25, 0.3) is 11.1 Å². The molecule has 24 heavy (non-hydrogen) atoms. The first-order chi connectivity index (χ1) is 11.6. The molecule has 0 saturated carbocycles. The van der Waals surface area contributed by atoms with Gasteiger partial charge in [0.05, 0.1) is 10.7 Å². The number of hydrogen-bond acceptors (Lipinski definition) is 6. The lowest BCUT2D eigenvalue weighted by Gasteiger charge is -2.34. The van der Waals surface area contributed by atoms with Crippen LogP contribution in [0.2, 0.25) is 5.02 Å². The molecular formula is C16H18ClN5OS. The first kappa shape index (κ1) is 17.0. The van der Waals surface area contributed by atoms with Gasteiger partial charge in [0.25, 0.3) is 0 Å². The van der Waals surface area contributed by atoms with Gasteiger partial charge in [-0.05, 0) is 19.1 Å². The minimum atomic E-state index is -0.225. The first-order valence-corrected chi connectivity index (χ1v) is 9.24. The third-order valence-electron chi connectivity index (χ3n) is 4.21. The van der Waals surface area contributed by atoms with Crippen LogP contribution in [0.15, 0.2) is 29.9 Å². The molecule has 3 rings (SSSR count). The highest BCUT2D eigenvalue weighted by Crippen LogP contribution is 2.37. The number of anilines is 1. The van der Waals surface area contributed by atoms with Crippen LogP contribution >= 0.6 is 23.4 Å². The lowest BCUT2D eigenvalue weighted by molar-refractivity contribution is -0.122. The van der Waals surface area contributed by atoms with Gasteiger partial charge in [0.1, 0.15) is 0 Å². The van der Waals surface area contributed by atoms with Crippen molar-refractivity contribution in [3.63, 3.8) is 0 Å². The van der Waals surface area contributed by atoms with Crippen LogP contribution in [0, 0.1) is 5.92 Å². The minimum absolute atomic E-state index is 0.0606. The molecule has 6 nitrogen and oxygen atoms in total. The van der Waals surface area contributed by atoms with Gasteiger partial charge in [0.15, 0.2) is 5.16 Å². The summed E-state index contributed by atoms with van der Waals surface area (Å²) in [6.07, 6.45) is 10.4. The Kier molecular flexibility index (Phi) is 5.20. The smallest absolute Gasteiger partial charge is 0.220 e. The fraction of sp³-hybridized carbons (Fsp3) is 0.375. The van der Waals surface area contributed by atoms with Crippen molar-refractivity contribution >= 4 is 35.0 Å². The van der Waals surface area contributed by atoms with E-state index in [0.717, 1.165) is 47.9 Å². The van der Waals surface area contributed by atoms with Gasteiger partial charge >= 0.3 is 0 Å². The van der Waals surface area contributed by atoms with E-state index in [2.05, 4.69) is 19.9 Å². The zero-order valence-corrected chi connectivity index (χ0v) is 14.8. The van der Waals surface area contributed by atoms with Crippen molar-refractivity contribution in [2.24, 2.45) is 11.7 Å². The van der Waals surface area contributed by atoms with Gasteiger partial charge in [-0.25, -0.2) is 9.97 Å². The van der Waals surface area contributed by atoms with E-state index in [9.17, 15) is 4.79 Å². The van der Waals surface area contributed by atoms with E-state index >= 15 is 0 Å². The molecule has 0 aliphatic carbocycles. The van der Waals surface area contributed by atoms with Gasteiger partial charge in [-0.3, -0.25) is 9.78 Å². The molecule has 2 N–H and O–H groups in total. The minimum Gasteiger partial charge on any atom is -0.370 e. The normalized spacial score (nSPS) is 15.5. The van der Waals surface area contributed by atoms with Gasteiger partial charge in [-0.2, -0.15) is 0 Å². The molecule has 0 unspecified atom stereocenters. The topological polar surface area (TPSA) is 85.0 Å². The number of hydrogen-bond donors (Lipinski definition) is 1. The van der Waals surface area contributed by atoms with E-state index in [1.54, 1.807) is 24.8 Å². The highest BCUT2D eigenvalue weighted by Gasteiger charge is 2.26. The van der Waals surface area contributed by atoms with Gasteiger partial charge < -0.3 is 10.6 Å². The molecule has 0 bridgehead atoms. The summed E-state index contributed by atoms with van der Waals surface area (Å²) in [5, 5.41) is 1.30. The van der Waals surface area contributed by atoms with Gasteiger partial charge in [0.2, 0.25) is 5.91 Å². The van der Waals surface area contributed by atoms with Crippen molar-refractivity contribution in [2.75, 3.05) is 24.2 Å². The van der Waals surface area contributed by atoms with E-state index in [-0.39, 0.29) is 11.8 Å². The number of primary amides is 1. The van der Waals surface area contributed by atoms with E-state index in [1.807, 2.05) is 6.26 Å². The second kappa shape index (κ2) is 7.36. The standard InChI is InChI=1S/C16H18ClN5OS/c1-24-16-20-6-11(7-21-16)12-8-19-9-13(17)14(12)22-4-2-10(3-5-22)15(18)23/h6-10H,2-5H2,1H3,(H2,18,23). The van der Waals surface area contributed by atoms with E-state index < -0.39 is 0 Å². The van der Waals surface area contributed by atoms with Crippen LogP contribution in [-0.4, -0.2) is 40.2 Å². The molecule has 3 heterocycles. The molecular weight excluding hydrogens is 346 g/mol. The zero-order valence-electron chi connectivity index (χ0n) is 13.3. The fourth-order valence-corrected chi connectivity index (χ4v) is 3.50. The second-order valence-corrected chi connectivity index (χ2v) is 6.82. The molecule has 0 aromatic carbocycles. The SMILES string of the molecule is CSc1ncc(-c2cncc(Cl)c2N2CCC(C(N)=O)CC2)cn1. The highest BCUT2D eigenvalue weighted by molar-refractivity contribution is 7.98. The molecule has 0 atom stereocenters. The molecule has 1 saturated heterocycles. The maximum Gasteiger partial charge on any atom is 0.220 e. The number of amides is 1. The molecule has 2 aromatic heterocycles. The number of thioether (sulfide) groups is 1. The third kappa shape index (κ3) is 3.47. The Hall–Kier alpha value is -1.86. The Balaban J connectivity index is 1.92. The Morgan fingerprint density at radius 2 is 1.92 bits per heavy atom. The number of pyridine rings is 1. The van der Waals surface area contributed by atoms with Crippen molar-refractivity contribution in [2.45, 2.75) is 18.0 Å². The van der Waals surface area contributed by atoms with Crippen LogP contribution in [0.4, 0.5) is 5.69 Å². The molecule has 0 spiro atoms. The first-order valence-electron chi connectivity index (χ1n) is 7.64. The average molecular weight is 364 g/mol. The molecule has 1 amide bonds. The largest absolute Gasteiger partial charge is 0.370 e. The number of halogens is 1. The maximum atomic E-state index is 11.4. The Morgan fingerprint density at radius 1 is 1.25 bits per heavy atom. The number of aromatic nitrogens is 3. The summed E-state index contributed by atoms with van der Waals surface area (Å²) in [5.41, 5.74) is 8.10. The zero-order chi connectivity index (χ0) is 17.1. The molecule has 2 aromatic rings. The van der Waals surface area contributed by atoms with E-state index in [1.165, 1.54) is 11.8 Å². The summed E-state index contributed by atoms with van der Waals surface area (Å²) < 4.78 is 0. The molecule has 126 valence electrons. The van der Waals surface area contributed by atoms with Crippen LogP contribution < -0.4 is 10.6 Å². The Labute approximate surface area is 149 Å². The van der Waals surface area contributed by atoms with Gasteiger partial charge in [-0.1, -0.05) is 23.4 Å². The number of nitrogens with two attached hydrogens (primary N) is 1. The number of carbonyl (C=O) groups excluding carboxylic acids is 1. The van der Waals surface area contributed by atoms with Crippen LogP contribution in [-0.2, 0) is 4.79 Å². The number of nitrogens with zero attached hydrogens (tertiary/aromatic N) is 4. The lowest BCUT2D eigenvalue weighted by Crippen LogP contribution is -2.38. The van der Waals surface area contributed by atoms with Crippen LogP contribution in [0.5, 0.6) is 0 Å². The number of carbonyl (C=O) groups is 1. The van der Waals surface area contributed by atoms with Gasteiger partial charge in [-0.15, -0.1) is 0 Å². The maximum absolute atomic E-state index is 11.4. The second-order valence-electron chi connectivity index (χ2n) is 5.64. The number of rotatable bonds is 4. The summed E-state index contributed by atoms with van der Waals surface area (Å²) in [5.74, 6) is -0.286. The summed E-state index contributed by atoms with van der Waals surface area (Å²) in [7, 11) is 0. The Bertz CT molecular complexity index is 732. The average Bonchev–Trinajstić information content (AvgIpc) is 2.61. The van der Waals surface area contributed by atoms with Crippen molar-refractivity contribution in [1.82, 2.24) is 15.0 Å². The van der Waals surface area contributed by atoms with Crippen molar-refractivity contribution < 1.29 is 4.79 Å². The molecule has 1 aliphatic heterocycles. The summed E-state index contributed by atoms with van der Waals surface area (Å²) >= 11 is 7.92. The summed E-state index contributed by atoms with van der Waals surface area (Å²) in [6, 6.07) is 0. The van der Waals surface area contributed by atoms with Gasteiger partial charge in [0, 0.05) is 54.9 Å². The lowest BCUT2D eigenvalue weighted by atomic mass is 9.95. The monoisotopic (exact) mass is 363 g/mol. The van der Waals surface area contributed by atoms with Crippen molar-refractivity contribution in [3.8, 4) is 11.1 Å². The predicted molar refractivity (Wildman–Crippen MR) is 96.2 cm³/mol. The summed E-state index contributed by atoms with van der Waals surface area (Å²) in [4.78, 5) is 26.4. The van der Waals surface area contributed by atoms with E-state index in [4.69, 9.17) is 17.3 Å². The molecule has 1 aliphatic rings. The quantitative estimate of drug-likeness (QED) is 0.664. The van der Waals surface area contributed by atoms with Crippen molar-refractivity contribution in [3.05, 3.63) is 29.8 Å². The highest BCUT2D eigenvalue weighted by atomic mass is 35.5. The molecule has 0 radical (unpaired) electrons. The molecule has 1 fully saturated rings. The third-order valence-corrected chi connectivity index (χ3v) is 5.06. The molecule has 8 heteroatoms. The van der Waals surface area contributed by atoms with Crippen LogP contribution in [0.3, 0.4) is 0 Å². The Morgan fingerprint density at radius 3 is 2.50 bits per heavy atom.